The van der Waals surface area contributed by atoms with Gasteiger partial charge in [-0.05, 0) is 24.3 Å². The molecule has 0 atom stereocenters. The van der Waals surface area contributed by atoms with E-state index in [1.807, 2.05) is 0 Å². The molecular weight excluding hydrogens is 296 g/mol. The first-order valence-electron chi connectivity index (χ1n) is 6.59. The van der Waals surface area contributed by atoms with Crippen LogP contribution in [0.1, 0.15) is 36.5 Å². The van der Waals surface area contributed by atoms with Crippen LogP contribution >= 0.6 is 11.6 Å². The van der Waals surface area contributed by atoms with E-state index in [-0.39, 0.29) is 33.3 Å². The molecule has 4 N–H and O–H groups in total. The first-order valence-corrected chi connectivity index (χ1v) is 6.97. The van der Waals surface area contributed by atoms with Gasteiger partial charge in [-0.15, -0.1) is 0 Å². The SMILES string of the molecule is CC1(CNC(=O)c2cc(Cl)c(NN)c([N+](=O)[O-])c2)CCC1. The van der Waals surface area contributed by atoms with Crippen molar-refractivity contribution in [3.8, 4) is 0 Å². The maximum absolute atomic E-state index is 12.1. The van der Waals surface area contributed by atoms with Crippen LogP contribution in [0, 0.1) is 15.5 Å². The van der Waals surface area contributed by atoms with E-state index in [1.165, 1.54) is 18.6 Å². The average Bonchev–Trinajstić information content (AvgIpc) is 2.41. The zero-order valence-electron chi connectivity index (χ0n) is 11.6. The maximum Gasteiger partial charge on any atom is 0.295 e. The fourth-order valence-corrected chi connectivity index (χ4v) is 2.63. The lowest BCUT2D eigenvalue weighted by atomic mass is 9.70. The molecule has 1 saturated carbocycles. The molecule has 1 aromatic carbocycles. The number of nitrogen functional groups attached to an aromatic ring is 1. The lowest BCUT2D eigenvalue weighted by Gasteiger charge is -2.38. The Kier molecular flexibility index (Phi) is 4.34. The Labute approximate surface area is 127 Å². The Morgan fingerprint density at radius 2 is 2.19 bits per heavy atom. The van der Waals surface area contributed by atoms with E-state index < -0.39 is 4.92 Å². The summed E-state index contributed by atoms with van der Waals surface area (Å²) in [6, 6.07) is 2.53. The fraction of sp³-hybridized carbons (Fsp3) is 0.462. The van der Waals surface area contributed by atoms with Gasteiger partial charge in [0.2, 0.25) is 0 Å². The highest BCUT2D eigenvalue weighted by atomic mass is 35.5. The predicted octanol–water partition coefficient (Wildman–Crippen LogP) is 2.45. The van der Waals surface area contributed by atoms with Crippen molar-refractivity contribution >= 4 is 28.9 Å². The molecule has 0 spiro atoms. The van der Waals surface area contributed by atoms with Crippen LogP contribution in [-0.2, 0) is 0 Å². The lowest BCUT2D eigenvalue weighted by molar-refractivity contribution is -0.384. The summed E-state index contributed by atoms with van der Waals surface area (Å²) in [4.78, 5) is 22.5. The smallest absolute Gasteiger partial charge is 0.295 e. The molecule has 0 aliphatic heterocycles. The number of nitro benzene ring substituents is 1. The van der Waals surface area contributed by atoms with E-state index in [4.69, 9.17) is 17.4 Å². The topological polar surface area (TPSA) is 110 Å². The van der Waals surface area contributed by atoms with E-state index >= 15 is 0 Å². The summed E-state index contributed by atoms with van der Waals surface area (Å²) in [5.41, 5.74) is 2.12. The van der Waals surface area contributed by atoms with Crippen LogP contribution in [-0.4, -0.2) is 17.4 Å². The molecule has 1 aromatic rings. The minimum Gasteiger partial charge on any atom is -0.351 e. The fourth-order valence-electron chi connectivity index (χ4n) is 2.36. The van der Waals surface area contributed by atoms with E-state index in [9.17, 15) is 14.9 Å². The van der Waals surface area contributed by atoms with Gasteiger partial charge in [-0.25, -0.2) is 0 Å². The number of anilines is 1. The Hall–Kier alpha value is -1.86. The van der Waals surface area contributed by atoms with Gasteiger partial charge in [-0.1, -0.05) is 24.9 Å². The van der Waals surface area contributed by atoms with E-state index in [2.05, 4.69) is 17.7 Å². The van der Waals surface area contributed by atoms with Crippen molar-refractivity contribution < 1.29 is 9.72 Å². The summed E-state index contributed by atoms with van der Waals surface area (Å²) in [6.07, 6.45) is 3.31. The molecule has 7 nitrogen and oxygen atoms in total. The molecule has 1 aliphatic carbocycles. The predicted molar refractivity (Wildman–Crippen MR) is 80.2 cm³/mol. The summed E-state index contributed by atoms with van der Waals surface area (Å²) in [5, 5.41) is 13.8. The second-order valence-electron chi connectivity index (χ2n) is 5.60. The first kappa shape index (κ1) is 15.5. The molecule has 0 aromatic heterocycles. The summed E-state index contributed by atoms with van der Waals surface area (Å²) in [7, 11) is 0. The number of nitrogens with zero attached hydrogens (tertiary/aromatic N) is 1. The van der Waals surface area contributed by atoms with Gasteiger partial charge in [0.25, 0.3) is 11.6 Å². The van der Waals surface area contributed by atoms with Gasteiger partial charge in [0.05, 0.1) is 9.95 Å². The Balaban J connectivity index is 2.19. The average molecular weight is 313 g/mol. The van der Waals surface area contributed by atoms with Crippen molar-refractivity contribution in [3.05, 3.63) is 32.8 Å². The second kappa shape index (κ2) is 5.87. The number of rotatable bonds is 5. The number of nitrogens with two attached hydrogens (primary N) is 1. The quantitative estimate of drug-likeness (QED) is 0.439. The highest BCUT2D eigenvalue weighted by Gasteiger charge is 2.32. The Bertz CT molecular complexity index is 587. The highest BCUT2D eigenvalue weighted by molar-refractivity contribution is 6.34. The number of hydrogen-bond donors (Lipinski definition) is 3. The molecule has 21 heavy (non-hydrogen) atoms. The van der Waals surface area contributed by atoms with Crippen LogP contribution in [0.4, 0.5) is 11.4 Å². The van der Waals surface area contributed by atoms with Crippen LogP contribution in [0.15, 0.2) is 12.1 Å². The van der Waals surface area contributed by atoms with Crippen LogP contribution in [0.3, 0.4) is 0 Å². The second-order valence-corrected chi connectivity index (χ2v) is 6.01. The number of benzene rings is 1. The Morgan fingerprint density at radius 3 is 2.67 bits per heavy atom. The molecule has 0 heterocycles. The minimum absolute atomic E-state index is 0.0100. The number of carbonyl (C=O) groups is 1. The number of nitrogens with one attached hydrogen (secondary N) is 2. The third kappa shape index (κ3) is 3.25. The molecule has 1 amide bonds. The number of hydrogen-bond acceptors (Lipinski definition) is 5. The minimum atomic E-state index is -0.634. The molecule has 8 heteroatoms. The summed E-state index contributed by atoms with van der Waals surface area (Å²) in [6.45, 7) is 2.65. The van der Waals surface area contributed by atoms with Crippen LogP contribution in [0.25, 0.3) is 0 Å². The van der Waals surface area contributed by atoms with Gasteiger partial charge in [-0.2, -0.15) is 0 Å². The Morgan fingerprint density at radius 1 is 1.52 bits per heavy atom. The highest BCUT2D eigenvalue weighted by Crippen LogP contribution is 2.39. The zero-order chi connectivity index (χ0) is 15.6. The van der Waals surface area contributed by atoms with Crippen LogP contribution < -0.4 is 16.6 Å². The van der Waals surface area contributed by atoms with Crippen molar-refractivity contribution in [1.82, 2.24) is 5.32 Å². The van der Waals surface area contributed by atoms with Crippen LogP contribution in [0.2, 0.25) is 5.02 Å². The lowest BCUT2D eigenvalue weighted by Crippen LogP contribution is -2.39. The number of halogens is 1. The van der Waals surface area contributed by atoms with Crippen molar-refractivity contribution in [2.24, 2.45) is 11.3 Å². The number of carbonyl (C=O) groups excluding carboxylic acids is 1. The van der Waals surface area contributed by atoms with Gasteiger partial charge >= 0.3 is 0 Å². The molecule has 0 bridgehead atoms. The first-order chi connectivity index (χ1) is 9.86. The van der Waals surface area contributed by atoms with E-state index in [0.717, 1.165) is 12.8 Å². The van der Waals surface area contributed by atoms with Gasteiger partial charge in [0.1, 0.15) is 5.69 Å². The van der Waals surface area contributed by atoms with Crippen molar-refractivity contribution in [3.63, 3.8) is 0 Å². The number of nitro groups is 1. The molecule has 1 fully saturated rings. The van der Waals surface area contributed by atoms with E-state index in [1.54, 1.807) is 0 Å². The summed E-state index contributed by atoms with van der Waals surface area (Å²) >= 11 is 5.92. The van der Waals surface area contributed by atoms with Gasteiger partial charge in [0, 0.05) is 18.2 Å². The number of amides is 1. The molecule has 1 aliphatic rings. The number of hydrazine groups is 1. The maximum atomic E-state index is 12.1. The van der Waals surface area contributed by atoms with Crippen molar-refractivity contribution in [1.29, 1.82) is 0 Å². The van der Waals surface area contributed by atoms with E-state index in [0.29, 0.717) is 6.54 Å². The summed E-state index contributed by atoms with van der Waals surface area (Å²) < 4.78 is 0. The van der Waals surface area contributed by atoms with Crippen molar-refractivity contribution in [2.75, 3.05) is 12.0 Å². The third-order valence-corrected chi connectivity index (χ3v) is 4.21. The molecule has 0 unspecified atom stereocenters. The van der Waals surface area contributed by atoms with Crippen LogP contribution in [0.5, 0.6) is 0 Å². The van der Waals surface area contributed by atoms with Gasteiger partial charge in [-0.3, -0.25) is 20.8 Å². The molecule has 2 rings (SSSR count). The normalized spacial score (nSPS) is 16.0. The van der Waals surface area contributed by atoms with Crippen molar-refractivity contribution in [2.45, 2.75) is 26.2 Å². The van der Waals surface area contributed by atoms with Gasteiger partial charge in [0.15, 0.2) is 0 Å². The third-order valence-electron chi connectivity index (χ3n) is 3.91. The van der Waals surface area contributed by atoms with Gasteiger partial charge < -0.3 is 10.7 Å². The molecule has 0 radical (unpaired) electrons. The zero-order valence-corrected chi connectivity index (χ0v) is 12.4. The summed E-state index contributed by atoms with van der Waals surface area (Å²) in [5.74, 6) is 4.84. The monoisotopic (exact) mass is 312 g/mol. The molecule has 0 saturated heterocycles. The molecule has 114 valence electrons. The molecular formula is C13H17ClN4O3. The largest absolute Gasteiger partial charge is 0.351 e. The standard InChI is InChI=1S/C13H17ClN4O3/c1-13(3-2-4-13)7-16-12(19)8-5-9(14)11(17-15)10(6-8)18(20)21/h5-6,17H,2-4,7,15H2,1H3,(H,16,19).